The number of fused-ring (bicyclic) bond motifs is 1. The molecule has 5 nitrogen and oxygen atoms in total. The fourth-order valence-electron chi connectivity index (χ4n) is 3.38. The van der Waals surface area contributed by atoms with Gasteiger partial charge < -0.3 is 16.2 Å². The zero-order valence-corrected chi connectivity index (χ0v) is 15.4. The third kappa shape index (κ3) is 3.60. The van der Waals surface area contributed by atoms with Crippen LogP contribution >= 0.6 is 0 Å². The highest BCUT2D eigenvalue weighted by Crippen LogP contribution is 2.39. The summed E-state index contributed by atoms with van der Waals surface area (Å²) in [5.74, 6) is -0.0597. The van der Waals surface area contributed by atoms with Crippen molar-refractivity contribution < 1.29 is 9.90 Å². The maximum Gasteiger partial charge on any atom is 0.251 e. The smallest absolute Gasteiger partial charge is 0.251 e. The van der Waals surface area contributed by atoms with Gasteiger partial charge in [-0.05, 0) is 41.8 Å². The number of benzene rings is 3. The van der Waals surface area contributed by atoms with Gasteiger partial charge in [0.05, 0.1) is 5.71 Å². The van der Waals surface area contributed by atoms with Crippen LogP contribution < -0.4 is 11.1 Å². The van der Waals surface area contributed by atoms with Crippen LogP contribution in [0.4, 0.5) is 11.4 Å². The molecule has 3 aromatic rings. The Morgan fingerprint density at radius 3 is 2.54 bits per heavy atom. The number of phenolic OH excluding ortho intramolecular Hbond substituents is 1. The molecule has 0 aromatic heterocycles. The molecule has 1 aliphatic rings. The molecule has 0 aliphatic carbocycles. The number of anilines is 1. The number of amides is 1. The quantitative estimate of drug-likeness (QED) is 0.599. The van der Waals surface area contributed by atoms with E-state index >= 15 is 0 Å². The van der Waals surface area contributed by atoms with Crippen LogP contribution in [0.3, 0.4) is 0 Å². The number of hydrogen-bond acceptors (Lipinski definition) is 4. The van der Waals surface area contributed by atoms with E-state index in [9.17, 15) is 9.90 Å². The summed E-state index contributed by atoms with van der Waals surface area (Å²) in [6.45, 7) is 0.519. The first-order chi connectivity index (χ1) is 13.6. The van der Waals surface area contributed by atoms with Crippen LogP contribution in [0.5, 0.6) is 5.75 Å². The van der Waals surface area contributed by atoms with Gasteiger partial charge >= 0.3 is 0 Å². The lowest BCUT2D eigenvalue weighted by Gasteiger charge is -2.10. The average Bonchev–Trinajstić information content (AvgIpc) is 3.17. The van der Waals surface area contributed by atoms with Crippen molar-refractivity contribution in [2.45, 2.75) is 12.8 Å². The fraction of sp³-hybridized carbons (Fsp3) is 0.130. The predicted molar refractivity (Wildman–Crippen MR) is 111 cm³/mol. The summed E-state index contributed by atoms with van der Waals surface area (Å²) in [6.07, 6.45) is 1.24. The second-order valence-corrected chi connectivity index (χ2v) is 6.81. The Bertz CT molecular complexity index is 1040. The zero-order chi connectivity index (χ0) is 19.5. The van der Waals surface area contributed by atoms with Crippen molar-refractivity contribution in [3.63, 3.8) is 0 Å². The normalized spacial score (nSPS) is 12.4. The molecule has 4 rings (SSSR count). The number of aliphatic imine (C=N–C) groups is 1. The van der Waals surface area contributed by atoms with E-state index in [1.807, 2.05) is 54.6 Å². The van der Waals surface area contributed by atoms with Crippen molar-refractivity contribution in [3.05, 3.63) is 89.0 Å². The van der Waals surface area contributed by atoms with Gasteiger partial charge in [-0.1, -0.05) is 42.5 Å². The molecule has 0 saturated heterocycles. The maximum atomic E-state index is 12.7. The minimum atomic E-state index is -0.156. The minimum Gasteiger partial charge on any atom is -0.506 e. The lowest BCUT2D eigenvalue weighted by Crippen LogP contribution is -2.26. The average molecular weight is 371 g/mol. The molecule has 0 spiro atoms. The van der Waals surface area contributed by atoms with Crippen molar-refractivity contribution >= 4 is 23.0 Å². The molecule has 0 bridgehead atoms. The van der Waals surface area contributed by atoms with Crippen molar-refractivity contribution in [1.82, 2.24) is 5.32 Å². The van der Waals surface area contributed by atoms with Gasteiger partial charge in [0.15, 0.2) is 0 Å². The summed E-state index contributed by atoms with van der Waals surface area (Å²) >= 11 is 0. The first kappa shape index (κ1) is 17.8. The molecule has 28 heavy (non-hydrogen) atoms. The van der Waals surface area contributed by atoms with Gasteiger partial charge in [-0.2, -0.15) is 0 Å². The summed E-state index contributed by atoms with van der Waals surface area (Å²) in [5.41, 5.74) is 11.2. The van der Waals surface area contributed by atoms with E-state index in [0.29, 0.717) is 24.2 Å². The van der Waals surface area contributed by atoms with Crippen LogP contribution in [0, 0.1) is 0 Å². The third-order valence-corrected chi connectivity index (χ3v) is 4.88. The Labute approximate surface area is 163 Å². The number of nitrogens with one attached hydrogen (secondary N) is 1. The van der Waals surface area contributed by atoms with Crippen molar-refractivity contribution in [2.75, 3.05) is 12.3 Å². The lowest BCUT2D eigenvalue weighted by atomic mass is 9.99. The number of nitrogen functional groups attached to an aromatic ring is 1. The van der Waals surface area contributed by atoms with Crippen molar-refractivity contribution in [2.24, 2.45) is 4.99 Å². The summed E-state index contributed by atoms with van der Waals surface area (Å²) in [5, 5.41) is 13.2. The van der Waals surface area contributed by atoms with Crippen LogP contribution in [-0.2, 0) is 12.8 Å². The van der Waals surface area contributed by atoms with E-state index in [2.05, 4.69) is 10.3 Å². The molecule has 0 fully saturated rings. The van der Waals surface area contributed by atoms with Gasteiger partial charge in [0.25, 0.3) is 5.91 Å². The van der Waals surface area contributed by atoms with Crippen LogP contribution in [-0.4, -0.2) is 23.3 Å². The molecular weight excluding hydrogens is 350 g/mol. The molecule has 0 atom stereocenters. The van der Waals surface area contributed by atoms with E-state index in [0.717, 1.165) is 34.5 Å². The van der Waals surface area contributed by atoms with E-state index in [1.54, 1.807) is 6.07 Å². The molecule has 5 heteroatoms. The molecule has 1 aliphatic heterocycles. The molecule has 0 unspecified atom stereocenters. The summed E-state index contributed by atoms with van der Waals surface area (Å²) in [4.78, 5) is 17.3. The Kier molecular flexibility index (Phi) is 4.81. The van der Waals surface area contributed by atoms with Crippen molar-refractivity contribution in [3.8, 4) is 5.75 Å². The molecule has 0 radical (unpaired) electrons. The highest BCUT2D eigenvalue weighted by molar-refractivity contribution is 6.10. The van der Waals surface area contributed by atoms with Gasteiger partial charge in [0.1, 0.15) is 11.4 Å². The van der Waals surface area contributed by atoms with Crippen LogP contribution in [0.25, 0.3) is 0 Å². The van der Waals surface area contributed by atoms with Gasteiger partial charge in [0.2, 0.25) is 0 Å². The summed E-state index contributed by atoms with van der Waals surface area (Å²) < 4.78 is 0. The summed E-state index contributed by atoms with van der Waals surface area (Å²) in [7, 11) is 0. The molecule has 4 N–H and O–H groups in total. The fourth-order valence-corrected chi connectivity index (χ4v) is 3.38. The van der Waals surface area contributed by atoms with Gasteiger partial charge in [-0.25, -0.2) is 4.99 Å². The summed E-state index contributed by atoms with van der Waals surface area (Å²) in [6, 6.07) is 20.6. The van der Waals surface area contributed by atoms with Crippen LogP contribution in [0.1, 0.15) is 27.0 Å². The van der Waals surface area contributed by atoms with E-state index < -0.39 is 0 Å². The second kappa shape index (κ2) is 7.56. The first-order valence-corrected chi connectivity index (χ1v) is 9.22. The van der Waals surface area contributed by atoms with Crippen LogP contribution in [0.2, 0.25) is 0 Å². The lowest BCUT2D eigenvalue weighted by molar-refractivity contribution is 0.0953. The van der Waals surface area contributed by atoms with Crippen molar-refractivity contribution in [1.29, 1.82) is 0 Å². The monoisotopic (exact) mass is 371 g/mol. The first-order valence-electron chi connectivity index (χ1n) is 9.22. The predicted octanol–water partition coefficient (Wildman–Crippen LogP) is 3.62. The van der Waals surface area contributed by atoms with E-state index in [4.69, 9.17) is 5.73 Å². The van der Waals surface area contributed by atoms with E-state index in [-0.39, 0.29) is 11.7 Å². The van der Waals surface area contributed by atoms with E-state index in [1.165, 1.54) is 6.07 Å². The number of hydrogen-bond donors (Lipinski definition) is 3. The molecule has 140 valence electrons. The molecular formula is C23H21N3O2. The maximum absolute atomic E-state index is 12.7. The largest absolute Gasteiger partial charge is 0.506 e. The topological polar surface area (TPSA) is 87.7 Å². The molecule has 0 saturated carbocycles. The number of carbonyl (C=O) groups is 1. The molecule has 3 aromatic carbocycles. The second-order valence-electron chi connectivity index (χ2n) is 6.81. The molecule has 1 heterocycles. The number of nitrogens with two attached hydrogens (primary N) is 1. The zero-order valence-electron chi connectivity index (χ0n) is 15.4. The standard InChI is InChI=1S/C23H21N3O2/c24-17-8-6-15(7-9-17)12-13-25-23(28)18-10-11-21(27)22-19(18)14-20(26-22)16-4-2-1-3-5-16/h1-11,27H,12-14,24H2,(H,25,28). The number of aromatic hydroxyl groups is 1. The van der Waals surface area contributed by atoms with Gasteiger partial charge in [-0.15, -0.1) is 0 Å². The Hall–Kier alpha value is -3.60. The Morgan fingerprint density at radius 2 is 1.79 bits per heavy atom. The van der Waals surface area contributed by atoms with Crippen LogP contribution in [0.15, 0.2) is 71.7 Å². The SMILES string of the molecule is Nc1ccc(CCNC(=O)c2ccc(O)c3c2CC(c2ccccc2)=N3)cc1. The molecule has 1 amide bonds. The number of rotatable bonds is 5. The highest BCUT2D eigenvalue weighted by Gasteiger charge is 2.24. The van der Waals surface area contributed by atoms with Gasteiger partial charge in [0, 0.05) is 29.8 Å². The number of phenols is 1. The number of nitrogens with zero attached hydrogens (tertiary/aromatic N) is 1. The third-order valence-electron chi connectivity index (χ3n) is 4.88. The Morgan fingerprint density at radius 1 is 1.04 bits per heavy atom. The highest BCUT2D eigenvalue weighted by atomic mass is 16.3. The number of carbonyl (C=O) groups excluding carboxylic acids is 1. The van der Waals surface area contributed by atoms with Gasteiger partial charge in [-0.3, -0.25) is 4.79 Å². The Balaban J connectivity index is 1.48. The minimum absolute atomic E-state index is 0.0966.